The maximum Gasteiger partial charge on any atom is 0.326 e. The molecule has 3 rings (SSSR count). The van der Waals surface area contributed by atoms with Gasteiger partial charge in [-0.3, -0.25) is 9.36 Å². The van der Waals surface area contributed by atoms with Crippen molar-refractivity contribution >= 4 is 27.5 Å². The fourth-order valence-electron chi connectivity index (χ4n) is 3.14. The van der Waals surface area contributed by atoms with Crippen LogP contribution in [0.1, 0.15) is 49.0 Å². The summed E-state index contributed by atoms with van der Waals surface area (Å²) in [7, 11) is 0. The number of fused-ring (bicyclic) bond motifs is 3. The molecule has 0 amide bonds. The van der Waals surface area contributed by atoms with Crippen molar-refractivity contribution in [3.8, 4) is 0 Å². The number of rotatable bonds is 4. The molecule has 112 valence electrons. The molecular formula is C15H18N2O3S. The van der Waals surface area contributed by atoms with Gasteiger partial charge in [-0.25, -0.2) is 9.78 Å². The summed E-state index contributed by atoms with van der Waals surface area (Å²) in [6, 6.07) is -0.832. The quantitative estimate of drug-likeness (QED) is 0.942. The Hall–Kier alpha value is -1.69. The average molecular weight is 306 g/mol. The second-order valence-electron chi connectivity index (χ2n) is 5.36. The highest BCUT2D eigenvalue weighted by molar-refractivity contribution is 7.18. The summed E-state index contributed by atoms with van der Waals surface area (Å²) in [6.07, 6.45) is 3.91. The predicted octanol–water partition coefficient (Wildman–Crippen LogP) is 2.54. The van der Waals surface area contributed by atoms with Crippen LogP contribution in [-0.4, -0.2) is 20.6 Å². The van der Waals surface area contributed by atoms with Crippen LogP contribution in [0.25, 0.3) is 10.2 Å². The van der Waals surface area contributed by atoms with E-state index in [1.807, 2.05) is 6.92 Å². The van der Waals surface area contributed by atoms with E-state index in [2.05, 4.69) is 4.98 Å². The molecule has 1 N–H and O–H groups in total. The van der Waals surface area contributed by atoms with Gasteiger partial charge in [-0.2, -0.15) is 0 Å². The van der Waals surface area contributed by atoms with Crippen LogP contribution in [0.3, 0.4) is 0 Å². The zero-order valence-electron chi connectivity index (χ0n) is 12.2. The number of aromatic nitrogens is 2. The first-order valence-corrected chi connectivity index (χ1v) is 8.18. The van der Waals surface area contributed by atoms with Crippen molar-refractivity contribution in [2.75, 3.05) is 0 Å². The molecule has 1 unspecified atom stereocenters. The first-order chi connectivity index (χ1) is 10.1. The number of carboxylic acid groups (broad SMARTS) is 1. The largest absolute Gasteiger partial charge is 0.480 e. The summed E-state index contributed by atoms with van der Waals surface area (Å²) in [6.45, 7) is 3.69. The van der Waals surface area contributed by atoms with Gasteiger partial charge >= 0.3 is 5.97 Å². The lowest BCUT2D eigenvalue weighted by Crippen LogP contribution is -2.33. The minimum atomic E-state index is -0.970. The molecule has 5 nitrogen and oxygen atoms in total. The Morgan fingerprint density at radius 3 is 2.81 bits per heavy atom. The van der Waals surface area contributed by atoms with E-state index in [1.165, 1.54) is 9.44 Å². The molecule has 21 heavy (non-hydrogen) atoms. The Labute approximate surface area is 126 Å². The van der Waals surface area contributed by atoms with Crippen molar-refractivity contribution in [3.05, 3.63) is 26.6 Å². The minimum absolute atomic E-state index is 0.175. The van der Waals surface area contributed by atoms with E-state index in [1.54, 1.807) is 18.3 Å². The van der Waals surface area contributed by atoms with E-state index < -0.39 is 12.0 Å². The van der Waals surface area contributed by atoms with Crippen LogP contribution >= 0.6 is 11.3 Å². The summed E-state index contributed by atoms with van der Waals surface area (Å²) in [5.74, 6) is -0.399. The van der Waals surface area contributed by atoms with Crippen molar-refractivity contribution in [2.24, 2.45) is 0 Å². The molecule has 0 radical (unpaired) electrons. The normalized spacial score (nSPS) is 15.3. The number of hydrogen-bond acceptors (Lipinski definition) is 4. The van der Waals surface area contributed by atoms with Gasteiger partial charge in [0.25, 0.3) is 5.56 Å². The standard InChI is InChI=1S/C15H18N2O3S/c1-3-9(15(19)20)17-11(4-2)16-13-12(14(17)18)8-6-5-7-10(8)21-13/h9H,3-7H2,1-2H3,(H,19,20). The van der Waals surface area contributed by atoms with E-state index in [0.717, 1.165) is 29.7 Å². The smallest absolute Gasteiger partial charge is 0.326 e. The molecule has 1 atom stereocenters. The Balaban J connectivity index is 2.35. The van der Waals surface area contributed by atoms with Crippen LogP contribution in [0.15, 0.2) is 4.79 Å². The second kappa shape index (κ2) is 5.26. The lowest BCUT2D eigenvalue weighted by molar-refractivity contribution is -0.141. The monoisotopic (exact) mass is 306 g/mol. The third kappa shape index (κ3) is 2.09. The SMILES string of the molecule is CCc1nc2sc3c(c2c(=O)n1C(CC)C(=O)O)CCC3. The van der Waals surface area contributed by atoms with Gasteiger partial charge in [0.2, 0.25) is 0 Å². The van der Waals surface area contributed by atoms with Crippen molar-refractivity contribution in [2.45, 2.75) is 52.0 Å². The summed E-state index contributed by atoms with van der Waals surface area (Å²) in [5, 5.41) is 10.1. The molecular weight excluding hydrogens is 288 g/mol. The van der Waals surface area contributed by atoms with Crippen molar-refractivity contribution in [3.63, 3.8) is 0 Å². The first kappa shape index (κ1) is 14.3. The van der Waals surface area contributed by atoms with Gasteiger partial charge in [-0.15, -0.1) is 11.3 Å². The third-order valence-corrected chi connectivity index (χ3v) is 5.33. The van der Waals surface area contributed by atoms with Crippen LogP contribution in [0.4, 0.5) is 0 Å². The molecule has 1 aliphatic carbocycles. The lowest BCUT2D eigenvalue weighted by Gasteiger charge is -2.17. The molecule has 0 saturated carbocycles. The third-order valence-electron chi connectivity index (χ3n) is 4.14. The summed E-state index contributed by atoms with van der Waals surface area (Å²) in [5.41, 5.74) is 0.926. The predicted molar refractivity (Wildman–Crippen MR) is 82.2 cm³/mol. The number of aryl methyl sites for hydroxylation is 3. The average Bonchev–Trinajstić information content (AvgIpc) is 3.01. The molecule has 0 aliphatic heterocycles. The number of carbonyl (C=O) groups is 1. The molecule has 0 bridgehead atoms. The molecule has 6 heteroatoms. The van der Waals surface area contributed by atoms with Gasteiger partial charge in [0.15, 0.2) is 0 Å². The molecule has 0 aromatic carbocycles. The summed E-state index contributed by atoms with van der Waals surface area (Å²) >= 11 is 1.59. The Morgan fingerprint density at radius 2 is 2.19 bits per heavy atom. The molecule has 2 aromatic rings. The Bertz CT molecular complexity index is 775. The van der Waals surface area contributed by atoms with Crippen molar-refractivity contribution in [1.29, 1.82) is 0 Å². The van der Waals surface area contributed by atoms with Crippen LogP contribution < -0.4 is 5.56 Å². The van der Waals surface area contributed by atoms with E-state index in [0.29, 0.717) is 24.1 Å². The number of thiophene rings is 1. The van der Waals surface area contributed by atoms with Gasteiger partial charge in [-0.05, 0) is 31.2 Å². The Morgan fingerprint density at radius 1 is 1.43 bits per heavy atom. The van der Waals surface area contributed by atoms with Gasteiger partial charge in [0.1, 0.15) is 16.7 Å². The summed E-state index contributed by atoms with van der Waals surface area (Å²) < 4.78 is 1.40. The highest BCUT2D eigenvalue weighted by atomic mass is 32.1. The summed E-state index contributed by atoms with van der Waals surface area (Å²) in [4.78, 5) is 31.0. The van der Waals surface area contributed by atoms with Crippen LogP contribution in [0.5, 0.6) is 0 Å². The number of carboxylic acids is 1. The van der Waals surface area contributed by atoms with E-state index >= 15 is 0 Å². The van der Waals surface area contributed by atoms with Crippen molar-refractivity contribution < 1.29 is 9.90 Å². The fourth-order valence-corrected chi connectivity index (χ4v) is 4.41. The van der Waals surface area contributed by atoms with Gasteiger partial charge < -0.3 is 5.11 Å². The number of aliphatic carboxylic acids is 1. The first-order valence-electron chi connectivity index (χ1n) is 7.36. The zero-order chi connectivity index (χ0) is 15.1. The number of hydrogen-bond donors (Lipinski definition) is 1. The molecule has 0 fully saturated rings. The van der Waals surface area contributed by atoms with Crippen LogP contribution in [-0.2, 0) is 24.1 Å². The molecule has 1 aliphatic rings. The van der Waals surface area contributed by atoms with Gasteiger partial charge in [0.05, 0.1) is 5.39 Å². The molecule has 0 saturated heterocycles. The van der Waals surface area contributed by atoms with Gasteiger partial charge in [0, 0.05) is 11.3 Å². The highest BCUT2D eigenvalue weighted by Gasteiger charge is 2.27. The second-order valence-corrected chi connectivity index (χ2v) is 6.44. The van der Waals surface area contributed by atoms with Crippen LogP contribution in [0, 0.1) is 0 Å². The minimum Gasteiger partial charge on any atom is -0.480 e. The zero-order valence-corrected chi connectivity index (χ0v) is 13.0. The molecule has 2 heterocycles. The van der Waals surface area contributed by atoms with Crippen LogP contribution in [0.2, 0.25) is 0 Å². The van der Waals surface area contributed by atoms with E-state index in [9.17, 15) is 14.7 Å². The maximum absolute atomic E-state index is 12.9. The molecule has 0 spiro atoms. The molecule has 2 aromatic heterocycles. The lowest BCUT2D eigenvalue weighted by atomic mass is 10.1. The van der Waals surface area contributed by atoms with E-state index in [-0.39, 0.29) is 5.56 Å². The van der Waals surface area contributed by atoms with Crippen molar-refractivity contribution in [1.82, 2.24) is 9.55 Å². The highest BCUT2D eigenvalue weighted by Crippen LogP contribution is 2.35. The Kier molecular flexibility index (Phi) is 3.57. The van der Waals surface area contributed by atoms with E-state index in [4.69, 9.17) is 0 Å². The maximum atomic E-state index is 12.9. The number of nitrogens with zero attached hydrogens (tertiary/aromatic N) is 2. The fraction of sp³-hybridized carbons (Fsp3) is 0.533. The van der Waals surface area contributed by atoms with Gasteiger partial charge in [-0.1, -0.05) is 13.8 Å². The topological polar surface area (TPSA) is 72.2 Å².